The number of hydrogen-bond donors (Lipinski definition) is 0. The summed E-state index contributed by atoms with van der Waals surface area (Å²) in [5.41, 5.74) is 3.27. The summed E-state index contributed by atoms with van der Waals surface area (Å²) in [5.74, 6) is 0.683. The minimum absolute atomic E-state index is 0.0201. The van der Waals surface area contributed by atoms with E-state index in [1.54, 1.807) is 19.0 Å². The molecule has 1 saturated carbocycles. The molecule has 0 heterocycles. The number of allylic oxidation sites excluding steroid dienone is 3. The van der Waals surface area contributed by atoms with Crippen molar-refractivity contribution in [3.05, 3.63) is 36.0 Å². The van der Waals surface area contributed by atoms with Crippen LogP contribution in [0.25, 0.3) is 0 Å². The zero-order valence-electron chi connectivity index (χ0n) is 13.8. The molecule has 112 valence electrons. The zero-order chi connectivity index (χ0) is 15.5. The van der Waals surface area contributed by atoms with Crippen LogP contribution in [0.15, 0.2) is 36.0 Å². The number of amides is 1. The van der Waals surface area contributed by atoms with Gasteiger partial charge in [0, 0.05) is 14.1 Å². The van der Waals surface area contributed by atoms with Gasteiger partial charge in [0.05, 0.1) is 6.42 Å². The highest BCUT2D eigenvalue weighted by Gasteiger charge is 2.25. The lowest BCUT2D eigenvalue weighted by atomic mass is 9.75. The van der Waals surface area contributed by atoms with Crippen molar-refractivity contribution in [2.24, 2.45) is 11.3 Å². The van der Waals surface area contributed by atoms with Gasteiger partial charge in [0.2, 0.25) is 5.91 Å². The predicted octanol–water partition coefficient (Wildman–Crippen LogP) is 4.35. The van der Waals surface area contributed by atoms with Crippen LogP contribution in [0, 0.1) is 11.3 Å². The van der Waals surface area contributed by atoms with Gasteiger partial charge in [-0.05, 0) is 40.9 Å². The molecule has 1 aliphatic rings. The monoisotopic (exact) mass is 275 g/mol. The molecule has 20 heavy (non-hydrogen) atoms. The maximum atomic E-state index is 12.0. The largest absolute Gasteiger partial charge is 0.349 e. The topological polar surface area (TPSA) is 20.3 Å². The average Bonchev–Trinajstić information content (AvgIpc) is 2.23. The molecule has 0 spiro atoms. The van der Waals surface area contributed by atoms with Gasteiger partial charge < -0.3 is 4.90 Å². The zero-order valence-corrected chi connectivity index (χ0v) is 13.8. The van der Waals surface area contributed by atoms with Crippen LogP contribution in [0.5, 0.6) is 0 Å². The lowest BCUT2D eigenvalue weighted by Gasteiger charge is -2.30. The third-order valence-corrected chi connectivity index (χ3v) is 4.16. The lowest BCUT2D eigenvalue weighted by Crippen LogP contribution is -2.24. The highest BCUT2D eigenvalue weighted by molar-refractivity contribution is 5.79. The van der Waals surface area contributed by atoms with Gasteiger partial charge >= 0.3 is 0 Å². The molecule has 0 radical (unpaired) electrons. The molecule has 1 amide bonds. The molecule has 0 N–H and O–H groups in total. The van der Waals surface area contributed by atoms with E-state index in [-0.39, 0.29) is 11.3 Å². The molecule has 0 unspecified atom stereocenters. The normalized spacial score (nSPS) is 16.6. The van der Waals surface area contributed by atoms with Gasteiger partial charge in [0.15, 0.2) is 0 Å². The van der Waals surface area contributed by atoms with Crippen LogP contribution in [-0.4, -0.2) is 24.9 Å². The number of nitrogens with zero attached hydrogens (tertiary/aromatic N) is 1. The number of hydrogen-bond acceptors (Lipinski definition) is 1. The van der Waals surface area contributed by atoms with E-state index in [4.69, 9.17) is 0 Å². The molecule has 0 aromatic rings. The smallest absolute Gasteiger partial charge is 0.226 e. The molecular formula is C18H29NO. The van der Waals surface area contributed by atoms with Crippen LogP contribution in [-0.2, 0) is 4.79 Å². The summed E-state index contributed by atoms with van der Waals surface area (Å²) in [5, 5.41) is 0. The fraction of sp³-hybridized carbons (Fsp3) is 0.611. The third kappa shape index (κ3) is 4.36. The van der Waals surface area contributed by atoms with Crippen LogP contribution in [0.3, 0.4) is 0 Å². The van der Waals surface area contributed by atoms with E-state index in [0.717, 1.165) is 16.7 Å². The molecule has 1 aliphatic carbocycles. The van der Waals surface area contributed by atoms with Crippen LogP contribution in [0.4, 0.5) is 0 Å². The molecule has 0 saturated heterocycles. The Morgan fingerprint density at radius 2 is 1.80 bits per heavy atom. The Morgan fingerprint density at radius 3 is 2.15 bits per heavy atom. The van der Waals surface area contributed by atoms with Gasteiger partial charge in [-0.25, -0.2) is 0 Å². The maximum Gasteiger partial charge on any atom is 0.226 e. The Balaban J connectivity index is 2.94. The van der Waals surface area contributed by atoms with Crippen molar-refractivity contribution in [3.8, 4) is 0 Å². The lowest BCUT2D eigenvalue weighted by molar-refractivity contribution is -0.127. The molecule has 0 aromatic carbocycles. The van der Waals surface area contributed by atoms with Crippen molar-refractivity contribution in [3.63, 3.8) is 0 Å². The van der Waals surface area contributed by atoms with E-state index in [0.29, 0.717) is 12.3 Å². The van der Waals surface area contributed by atoms with Gasteiger partial charge in [-0.2, -0.15) is 0 Å². The van der Waals surface area contributed by atoms with Gasteiger partial charge in [0.25, 0.3) is 0 Å². The van der Waals surface area contributed by atoms with Gasteiger partial charge in [-0.1, -0.05) is 46.4 Å². The molecule has 0 aromatic heterocycles. The summed E-state index contributed by atoms with van der Waals surface area (Å²) < 4.78 is 0. The maximum absolute atomic E-state index is 12.0. The van der Waals surface area contributed by atoms with E-state index in [1.807, 2.05) is 0 Å². The average molecular weight is 275 g/mol. The van der Waals surface area contributed by atoms with Gasteiger partial charge in [-0.15, -0.1) is 0 Å². The van der Waals surface area contributed by atoms with E-state index < -0.39 is 0 Å². The van der Waals surface area contributed by atoms with E-state index >= 15 is 0 Å². The quantitative estimate of drug-likeness (QED) is 0.683. The first kappa shape index (κ1) is 16.7. The standard InChI is InChI=1S/C18H29NO/c1-13(18(3,4)5)11-16(12-17(20)19(6)7)14(2)15-9-8-10-15/h11,15H,1-2,8-10,12H2,3-7H3/b16-11-. The summed E-state index contributed by atoms with van der Waals surface area (Å²) in [6.45, 7) is 14.8. The first-order valence-electron chi connectivity index (χ1n) is 7.42. The van der Waals surface area contributed by atoms with Crippen LogP contribution < -0.4 is 0 Å². The highest BCUT2D eigenvalue weighted by atomic mass is 16.2. The first-order chi connectivity index (χ1) is 9.12. The van der Waals surface area contributed by atoms with Gasteiger partial charge in [-0.3, -0.25) is 4.79 Å². The van der Waals surface area contributed by atoms with E-state index in [2.05, 4.69) is 40.0 Å². The van der Waals surface area contributed by atoms with Crippen molar-refractivity contribution in [1.29, 1.82) is 0 Å². The minimum atomic E-state index is 0.0201. The molecule has 2 heteroatoms. The van der Waals surface area contributed by atoms with Gasteiger partial charge in [0.1, 0.15) is 0 Å². The third-order valence-electron chi connectivity index (χ3n) is 4.16. The second kappa shape index (κ2) is 6.43. The van der Waals surface area contributed by atoms with Crippen molar-refractivity contribution < 1.29 is 4.79 Å². The van der Waals surface area contributed by atoms with E-state index in [9.17, 15) is 4.79 Å². The Kier molecular flexibility index (Phi) is 5.38. The minimum Gasteiger partial charge on any atom is -0.349 e. The molecule has 0 aliphatic heterocycles. The molecule has 1 fully saturated rings. The Morgan fingerprint density at radius 1 is 1.25 bits per heavy atom. The second-order valence-corrected chi connectivity index (χ2v) is 7.06. The van der Waals surface area contributed by atoms with Crippen molar-refractivity contribution in [2.75, 3.05) is 14.1 Å². The summed E-state index contributed by atoms with van der Waals surface area (Å²) >= 11 is 0. The first-order valence-corrected chi connectivity index (χ1v) is 7.42. The van der Waals surface area contributed by atoms with Crippen molar-refractivity contribution >= 4 is 5.91 Å². The summed E-state index contributed by atoms with van der Waals surface area (Å²) in [6.07, 6.45) is 6.20. The second-order valence-electron chi connectivity index (χ2n) is 7.06. The number of carbonyl (C=O) groups excluding carboxylic acids is 1. The fourth-order valence-corrected chi connectivity index (χ4v) is 2.02. The summed E-state index contributed by atoms with van der Waals surface area (Å²) in [7, 11) is 3.59. The molecule has 1 rings (SSSR count). The van der Waals surface area contributed by atoms with Crippen molar-refractivity contribution in [1.82, 2.24) is 4.90 Å². The Bertz CT molecular complexity index is 431. The highest BCUT2D eigenvalue weighted by Crippen LogP contribution is 2.38. The van der Waals surface area contributed by atoms with E-state index in [1.165, 1.54) is 19.3 Å². The fourth-order valence-electron chi connectivity index (χ4n) is 2.02. The van der Waals surface area contributed by atoms with Crippen LogP contribution in [0.1, 0.15) is 46.5 Å². The van der Waals surface area contributed by atoms with Crippen molar-refractivity contribution in [2.45, 2.75) is 46.5 Å². The number of carbonyl (C=O) groups is 1. The number of rotatable bonds is 5. The summed E-state index contributed by atoms with van der Waals surface area (Å²) in [6, 6.07) is 0. The van der Waals surface area contributed by atoms with Crippen LogP contribution in [0.2, 0.25) is 0 Å². The predicted molar refractivity (Wildman–Crippen MR) is 86.5 cm³/mol. The molecule has 2 nitrogen and oxygen atoms in total. The Labute approximate surface area is 124 Å². The molecule has 0 bridgehead atoms. The van der Waals surface area contributed by atoms with Crippen LogP contribution >= 0.6 is 0 Å². The summed E-state index contributed by atoms with van der Waals surface area (Å²) in [4.78, 5) is 13.7. The molecular weight excluding hydrogens is 246 g/mol. The Hall–Kier alpha value is -1.31. The SMILES string of the molecule is C=C(/C(=C\C(=C)C(C)(C)C)CC(=O)N(C)C)C1CCC1. The molecule has 0 atom stereocenters.